The second kappa shape index (κ2) is 10.5. The van der Waals surface area contributed by atoms with Crippen LogP contribution in [0.25, 0.3) is 0 Å². The summed E-state index contributed by atoms with van der Waals surface area (Å²) in [6.07, 6.45) is 0. The van der Waals surface area contributed by atoms with Crippen LogP contribution in [0.1, 0.15) is 0 Å². The van der Waals surface area contributed by atoms with Gasteiger partial charge >= 0.3 is 23.9 Å². The van der Waals surface area contributed by atoms with E-state index in [0.29, 0.717) is 0 Å². The van der Waals surface area contributed by atoms with E-state index in [1.165, 1.54) is 0 Å². The zero-order valence-corrected chi connectivity index (χ0v) is 6.18. The van der Waals surface area contributed by atoms with Crippen LogP contribution in [0, 0.1) is 0 Å². The summed E-state index contributed by atoms with van der Waals surface area (Å²) in [7, 11) is 0. The number of rotatable bonds is 0. The molecule has 0 bridgehead atoms. The van der Waals surface area contributed by atoms with Crippen LogP contribution in [0.5, 0.6) is 0 Å². The molecule has 0 unspecified atom stereocenters. The summed E-state index contributed by atoms with van der Waals surface area (Å²) in [5.41, 5.74) is 0. The van der Waals surface area contributed by atoms with Gasteiger partial charge in [-0.05, 0) is 0 Å². The molecule has 0 aromatic rings. The first kappa shape index (κ1) is 8.86. The molecule has 2 radical (unpaired) electrons. The molecule has 0 saturated heterocycles. The monoisotopic (exact) mass is 168 g/mol. The van der Waals surface area contributed by atoms with E-state index in [2.05, 4.69) is 0 Å². The van der Waals surface area contributed by atoms with Crippen molar-refractivity contribution in [1.29, 1.82) is 0 Å². The minimum atomic E-state index is -0.250. The van der Waals surface area contributed by atoms with Gasteiger partial charge in [-0.2, -0.15) is 0 Å². The Morgan fingerprint density at radius 1 is 1.75 bits per heavy atom. The van der Waals surface area contributed by atoms with Crippen molar-refractivity contribution in [2.24, 2.45) is 0 Å². The fourth-order valence-electron chi connectivity index (χ4n) is 0. The third kappa shape index (κ3) is 50.6. The van der Waals surface area contributed by atoms with Crippen molar-refractivity contribution in [3.63, 3.8) is 0 Å². The van der Waals surface area contributed by atoms with Crippen molar-refractivity contribution < 1.29 is 9.90 Å². The van der Waals surface area contributed by atoms with E-state index >= 15 is 0 Å². The molecule has 0 spiro atoms. The molecule has 4 heavy (non-hydrogen) atoms. The second-order valence-corrected chi connectivity index (χ2v) is 0.105. The Balaban J connectivity index is 0. The summed E-state index contributed by atoms with van der Waals surface area (Å²) in [5.74, 6) is 0. The number of carbonyl (C=O) groups is 1. The molecule has 24 valence electrons. The van der Waals surface area contributed by atoms with Crippen LogP contribution in [0.15, 0.2) is 0 Å². The molecule has 0 saturated carbocycles. The summed E-state index contributed by atoms with van der Waals surface area (Å²) in [6, 6.07) is 0. The molecule has 0 aromatic heterocycles. The second-order valence-electron chi connectivity index (χ2n) is 0.105. The van der Waals surface area contributed by atoms with Gasteiger partial charge in [0.05, 0.1) is 0 Å². The van der Waals surface area contributed by atoms with Crippen molar-refractivity contribution >= 4 is 30.4 Å². The minimum absolute atomic E-state index is 0. The predicted octanol–water partition coefficient (Wildman–Crippen LogP) is -1.22. The molecule has 0 fully saturated rings. The Bertz CT molecular complexity index is 13.5. The van der Waals surface area contributed by atoms with Crippen LogP contribution in [-0.2, 0) is 4.79 Å². The van der Waals surface area contributed by atoms with Crippen LogP contribution in [0.4, 0.5) is 0 Å². The van der Waals surface area contributed by atoms with Crippen LogP contribution < -0.4 is 0 Å². The van der Waals surface area contributed by atoms with Crippen LogP contribution in [-0.4, -0.2) is 35.5 Å². The third-order valence-electron chi connectivity index (χ3n) is 0. The Kier molecular flexibility index (Phi) is 23.2. The van der Waals surface area contributed by atoms with Crippen LogP contribution >= 0.6 is 0 Å². The van der Waals surface area contributed by atoms with Gasteiger partial charge in [-0.1, -0.05) is 0 Å². The normalized spacial score (nSPS) is 3.00. The Morgan fingerprint density at radius 2 is 1.75 bits per heavy atom. The molecule has 0 rings (SSSR count). The zero-order chi connectivity index (χ0) is 2.71. The maximum atomic E-state index is 8.36. The third-order valence-corrected chi connectivity index (χ3v) is 0. The average Bonchev–Trinajstić information content (AvgIpc) is 0.918. The number of hydrogen-bond donors (Lipinski definition) is 1. The molecular weight excluding hydrogens is 163 g/mol. The van der Waals surface area contributed by atoms with Gasteiger partial charge in [0.1, 0.15) is 0 Å². The summed E-state index contributed by atoms with van der Waals surface area (Å²) < 4.78 is 0. The van der Waals surface area contributed by atoms with Crippen molar-refractivity contribution in [2.75, 3.05) is 0 Å². The Morgan fingerprint density at radius 3 is 1.75 bits per heavy atom. The quantitative estimate of drug-likeness (QED) is 0.362. The summed E-state index contributed by atoms with van der Waals surface area (Å²) in [5, 5.41) is 6.89. The predicted molar refractivity (Wildman–Crippen MR) is 17.2 cm³/mol. The molecule has 0 aliphatic heterocycles. The summed E-state index contributed by atoms with van der Waals surface area (Å²) in [6.45, 7) is -0.250. The van der Waals surface area contributed by atoms with Crippen molar-refractivity contribution in [1.82, 2.24) is 0 Å². The molecule has 0 heterocycles. The molecule has 0 aromatic carbocycles. The molecule has 0 aliphatic rings. The average molecular weight is 167 g/mol. The van der Waals surface area contributed by atoms with E-state index in [-0.39, 0.29) is 30.4 Å². The first-order chi connectivity index (χ1) is 1.41. The van der Waals surface area contributed by atoms with E-state index in [1.54, 1.807) is 0 Å². The van der Waals surface area contributed by atoms with Gasteiger partial charge in [0.2, 0.25) is 0 Å². The topological polar surface area (TPSA) is 37.3 Å². The van der Waals surface area contributed by atoms with E-state index in [0.717, 1.165) is 0 Å². The molecule has 0 amide bonds. The Hall–Kier alpha value is 0.269. The fraction of sp³-hybridized carbons (Fsp3) is 0. The number of hydrogen-bond acceptors (Lipinski definition) is 1. The zero-order valence-electron chi connectivity index (χ0n) is 2.14. The van der Waals surface area contributed by atoms with E-state index in [9.17, 15) is 0 Å². The molecule has 1 N–H and O–H groups in total. The van der Waals surface area contributed by atoms with Gasteiger partial charge in [0.25, 0.3) is 6.47 Å². The standard InChI is InChI=1S/CH2O2.Sn.2H/c2-1-3;;;/h1H,(H,2,3);;;. The van der Waals surface area contributed by atoms with Gasteiger partial charge in [-0.15, -0.1) is 0 Å². The summed E-state index contributed by atoms with van der Waals surface area (Å²) in [4.78, 5) is 8.36. The summed E-state index contributed by atoms with van der Waals surface area (Å²) >= 11 is 0. The first-order valence-electron chi connectivity index (χ1n) is 0.494. The first-order valence-corrected chi connectivity index (χ1v) is 0.494. The van der Waals surface area contributed by atoms with Crippen LogP contribution in [0.2, 0.25) is 0 Å². The molecule has 3 heteroatoms. The van der Waals surface area contributed by atoms with E-state index < -0.39 is 0 Å². The van der Waals surface area contributed by atoms with Crippen molar-refractivity contribution in [2.45, 2.75) is 0 Å². The van der Waals surface area contributed by atoms with E-state index in [1.807, 2.05) is 0 Å². The van der Waals surface area contributed by atoms with Gasteiger partial charge in [-0.3, -0.25) is 4.79 Å². The molecular formula is CH4O2Sn. The van der Waals surface area contributed by atoms with Gasteiger partial charge in [0.15, 0.2) is 0 Å². The van der Waals surface area contributed by atoms with Crippen molar-refractivity contribution in [3.8, 4) is 0 Å². The van der Waals surface area contributed by atoms with Gasteiger partial charge < -0.3 is 5.11 Å². The van der Waals surface area contributed by atoms with Gasteiger partial charge in [-0.25, -0.2) is 0 Å². The number of carboxylic acid groups (broad SMARTS) is 1. The van der Waals surface area contributed by atoms with Gasteiger partial charge in [0, 0.05) is 0 Å². The Labute approximate surface area is 40.8 Å². The maximum absolute atomic E-state index is 8.36. The molecule has 0 aliphatic carbocycles. The van der Waals surface area contributed by atoms with Crippen molar-refractivity contribution in [3.05, 3.63) is 0 Å². The fourth-order valence-corrected chi connectivity index (χ4v) is 0. The molecule has 2 nitrogen and oxygen atoms in total. The van der Waals surface area contributed by atoms with Crippen LogP contribution in [0.3, 0.4) is 0 Å². The van der Waals surface area contributed by atoms with E-state index in [4.69, 9.17) is 9.90 Å². The molecule has 0 atom stereocenters. The SMILES string of the molecule is O=CO.[SnH2].